The Hall–Kier alpha value is -1.33. The van der Waals surface area contributed by atoms with E-state index >= 15 is 0 Å². The number of rotatable bonds is 2. The van der Waals surface area contributed by atoms with Crippen LogP contribution in [0.25, 0.3) is 0 Å². The quantitative estimate of drug-likeness (QED) is 0.696. The highest BCUT2D eigenvalue weighted by atomic mass is 16.3. The first-order valence-corrected chi connectivity index (χ1v) is 4.24. The van der Waals surface area contributed by atoms with E-state index in [2.05, 4.69) is 16.8 Å². The number of aliphatic hydroxyl groups excluding tert-OH is 1. The average molecular weight is 175 g/mol. The van der Waals surface area contributed by atoms with Gasteiger partial charge >= 0.3 is 0 Å². The van der Waals surface area contributed by atoms with Crippen LogP contribution in [0.2, 0.25) is 0 Å². The first-order valence-electron chi connectivity index (χ1n) is 4.24. The number of aliphatic hydroxyl groups is 1. The summed E-state index contributed by atoms with van der Waals surface area (Å²) in [6, 6.07) is 3.69. The predicted molar refractivity (Wildman–Crippen MR) is 52.0 cm³/mol. The lowest BCUT2D eigenvalue weighted by Crippen LogP contribution is -1.96. The third-order valence-electron chi connectivity index (χ3n) is 1.78. The summed E-state index contributed by atoms with van der Waals surface area (Å²) in [4.78, 5) is 4.06. The number of aromatic nitrogens is 1. The monoisotopic (exact) mass is 175 g/mol. The fraction of sp³-hybridized carbons (Fsp3) is 0.364. The van der Waals surface area contributed by atoms with E-state index in [1.807, 2.05) is 19.1 Å². The molecule has 0 aliphatic carbocycles. The van der Waals surface area contributed by atoms with Gasteiger partial charge in [-0.2, -0.15) is 0 Å². The van der Waals surface area contributed by atoms with Crippen molar-refractivity contribution in [2.75, 3.05) is 0 Å². The largest absolute Gasteiger partial charge is 0.387 e. The van der Waals surface area contributed by atoms with E-state index in [0.717, 1.165) is 11.3 Å². The average Bonchev–Trinajstić information content (AvgIpc) is 2.14. The Morgan fingerprint density at radius 2 is 2.38 bits per heavy atom. The van der Waals surface area contributed by atoms with Gasteiger partial charge in [-0.15, -0.1) is 11.8 Å². The van der Waals surface area contributed by atoms with Gasteiger partial charge in [0, 0.05) is 18.3 Å². The lowest BCUT2D eigenvalue weighted by molar-refractivity contribution is 0.184. The van der Waals surface area contributed by atoms with Crippen molar-refractivity contribution < 1.29 is 5.11 Å². The highest BCUT2D eigenvalue weighted by Gasteiger charge is 2.04. The van der Waals surface area contributed by atoms with Gasteiger partial charge in [-0.05, 0) is 31.5 Å². The van der Waals surface area contributed by atoms with Crippen molar-refractivity contribution in [3.05, 3.63) is 29.6 Å². The topological polar surface area (TPSA) is 33.1 Å². The Morgan fingerprint density at radius 3 is 3.00 bits per heavy atom. The molecule has 1 rings (SSSR count). The van der Waals surface area contributed by atoms with Crippen LogP contribution in [0.1, 0.15) is 30.7 Å². The number of aryl methyl sites for hydroxylation is 1. The van der Waals surface area contributed by atoms with Crippen molar-refractivity contribution in [2.45, 2.75) is 26.4 Å². The zero-order valence-corrected chi connectivity index (χ0v) is 7.91. The molecule has 0 radical (unpaired) electrons. The van der Waals surface area contributed by atoms with Crippen LogP contribution in [0.5, 0.6) is 0 Å². The van der Waals surface area contributed by atoms with Gasteiger partial charge in [0.15, 0.2) is 0 Å². The lowest BCUT2D eigenvalue weighted by atomic mass is 10.1. The second kappa shape index (κ2) is 4.64. The van der Waals surface area contributed by atoms with E-state index in [1.54, 1.807) is 13.1 Å². The van der Waals surface area contributed by atoms with Gasteiger partial charge in [0.05, 0.1) is 6.10 Å². The van der Waals surface area contributed by atoms with Crippen LogP contribution in [-0.2, 0) is 0 Å². The first kappa shape index (κ1) is 9.76. The minimum atomic E-state index is -0.492. The van der Waals surface area contributed by atoms with Gasteiger partial charge in [-0.3, -0.25) is 4.98 Å². The Labute approximate surface area is 78.6 Å². The molecule has 68 valence electrons. The fourth-order valence-corrected chi connectivity index (χ4v) is 1.09. The van der Waals surface area contributed by atoms with Crippen LogP contribution in [0, 0.1) is 18.8 Å². The van der Waals surface area contributed by atoms with Crippen LogP contribution in [-0.4, -0.2) is 10.1 Å². The predicted octanol–water partition coefficient (Wildman–Crippen LogP) is 1.84. The lowest BCUT2D eigenvalue weighted by Gasteiger charge is -2.06. The first-order chi connectivity index (χ1) is 6.24. The molecule has 2 nitrogen and oxygen atoms in total. The second-order valence-electron chi connectivity index (χ2n) is 2.88. The highest BCUT2D eigenvalue weighted by molar-refractivity contribution is 5.19. The van der Waals surface area contributed by atoms with Crippen LogP contribution in [0.4, 0.5) is 0 Å². The van der Waals surface area contributed by atoms with Gasteiger partial charge < -0.3 is 5.11 Å². The molecule has 0 bridgehead atoms. The molecule has 0 fully saturated rings. The van der Waals surface area contributed by atoms with Crippen molar-refractivity contribution in [2.24, 2.45) is 0 Å². The fourth-order valence-electron chi connectivity index (χ4n) is 1.09. The van der Waals surface area contributed by atoms with E-state index in [4.69, 9.17) is 0 Å². The number of pyridine rings is 1. The third-order valence-corrected chi connectivity index (χ3v) is 1.78. The molecule has 1 heterocycles. The Kier molecular flexibility index (Phi) is 3.48. The summed E-state index contributed by atoms with van der Waals surface area (Å²) in [5.74, 6) is 5.60. The van der Waals surface area contributed by atoms with Crippen LogP contribution < -0.4 is 0 Å². The minimum Gasteiger partial charge on any atom is -0.387 e. The molecule has 1 atom stereocenters. The number of hydrogen-bond donors (Lipinski definition) is 1. The second-order valence-corrected chi connectivity index (χ2v) is 2.88. The van der Waals surface area contributed by atoms with Gasteiger partial charge in [-0.25, -0.2) is 0 Å². The zero-order valence-electron chi connectivity index (χ0n) is 7.91. The summed E-state index contributed by atoms with van der Waals surface area (Å²) in [6.45, 7) is 3.67. The molecule has 13 heavy (non-hydrogen) atoms. The molecule has 0 aromatic carbocycles. The summed E-state index contributed by atoms with van der Waals surface area (Å²) in [5.41, 5.74) is 1.80. The summed E-state index contributed by atoms with van der Waals surface area (Å²) < 4.78 is 0. The SMILES string of the molecule is CC#CCC(O)c1ccnc(C)c1. The standard InChI is InChI=1S/C11H13NO/c1-3-4-5-11(13)10-6-7-12-9(2)8-10/h6-8,11,13H,5H2,1-2H3. The molecule has 0 amide bonds. The Bertz CT molecular complexity index is 335. The Morgan fingerprint density at radius 1 is 1.62 bits per heavy atom. The molecule has 0 aliphatic heterocycles. The molecular weight excluding hydrogens is 162 g/mol. The number of hydrogen-bond acceptors (Lipinski definition) is 2. The molecule has 1 aromatic heterocycles. The van der Waals surface area contributed by atoms with Crippen molar-refractivity contribution in [1.29, 1.82) is 0 Å². The van der Waals surface area contributed by atoms with Crippen molar-refractivity contribution in [3.8, 4) is 11.8 Å². The smallest absolute Gasteiger partial charge is 0.0900 e. The molecule has 0 saturated carbocycles. The maximum absolute atomic E-state index is 9.65. The zero-order chi connectivity index (χ0) is 9.68. The normalized spacial score (nSPS) is 11.6. The van der Waals surface area contributed by atoms with Gasteiger partial charge in [0.2, 0.25) is 0 Å². The molecule has 1 aromatic rings. The third kappa shape index (κ3) is 2.89. The van der Waals surface area contributed by atoms with Gasteiger partial charge in [0.25, 0.3) is 0 Å². The van der Waals surface area contributed by atoms with Gasteiger partial charge in [0.1, 0.15) is 0 Å². The maximum Gasteiger partial charge on any atom is 0.0900 e. The molecule has 0 saturated heterocycles. The van der Waals surface area contributed by atoms with E-state index in [-0.39, 0.29) is 0 Å². The van der Waals surface area contributed by atoms with E-state index in [1.165, 1.54) is 0 Å². The highest BCUT2D eigenvalue weighted by Crippen LogP contribution is 2.15. The molecule has 0 aliphatic rings. The molecule has 1 unspecified atom stereocenters. The van der Waals surface area contributed by atoms with E-state index < -0.39 is 6.10 Å². The molecule has 2 heteroatoms. The minimum absolute atomic E-state index is 0.486. The summed E-state index contributed by atoms with van der Waals surface area (Å²) in [6.07, 6.45) is 1.70. The summed E-state index contributed by atoms with van der Waals surface area (Å²) in [5, 5.41) is 9.65. The van der Waals surface area contributed by atoms with Crippen LogP contribution >= 0.6 is 0 Å². The van der Waals surface area contributed by atoms with Crippen molar-refractivity contribution >= 4 is 0 Å². The molecule has 0 spiro atoms. The van der Waals surface area contributed by atoms with E-state index in [9.17, 15) is 5.11 Å². The van der Waals surface area contributed by atoms with Gasteiger partial charge in [-0.1, -0.05) is 0 Å². The van der Waals surface area contributed by atoms with E-state index in [0.29, 0.717) is 6.42 Å². The molecular formula is C11H13NO. The summed E-state index contributed by atoms with van der Waals surface area (Å²) in [7, 11) is 0. The Balaban J connectivity index is 2.74. The maximum atomic E-state index is 9.65. The van der Waals surface area contributed by atoms with Crippen LogP contribution in [0.15, 0.2) is 18.3 Å². The van der Waals surface area contributed by atoms with Crippen LogP contribution in [0.3, 0.4) is 0 Å². The van der Waals surface area contributed by atoms with Crippen molar-refractivity contribution in [3.63, 3.8) is 0 Å². The number of nitrogens with zero attached hydrogens (tertiary/aromatic N) is 1. The summed E-state index contributed by atoms with van der Waals surface area (Å²) >= 11 is 0. The van der Waals surface area contributed by atoms with Crippen molar-refractivity contribution in [1.82, 2.24) is 4.98 Å². The molecule has 1 N–H and O–H groups in total.